The number of halogens is 2. The van der Waals surface area contributed by atoms with Crippen LogP contribution in [0.4, 0.5) is 4.39 Å². The second-order valence-electron chi connectivity index (χ2n) is 9.26. The highest BCUT2D eigenvalue weighted by molar-refractivity contribution is 6.31. The van der Waals surface area contributed by atoms with E-state index >= 15 is 0 Å². The number of hydrogen-bond acceptors (Lipinski definition) is 6. The molecule has 3 N–H and O–H groups in total. The highest BCUT2D eigenvalue weighted by atomic mass is 35.5. The van der Waals surface area contributed by atoms with Crippen LogP contribution in [0.1, 0.15) is 46.4 Å². The minimum atomic E-state index is -1.11. The molecule has 3 aromatic carbocycles. The van der Waals surface area contributed by atoms with Crippen molar-refractivity contribution in [2.24, 2.45) is 0 Å². The molecule has 1 fully saturated rings. The molecule has 2 aliphatic rings. The molecule has 0 amide bonds. The number of ether oxygens (including phenoxy) is 3. The molecule has 8 heteroatoms. The standard InChI is InChI=1S/C28H28ClFO6/c29-23-8-3-17(25-12-24(32)28(33)26(13-31)36-25)10-18(23)9-16-1-5-21(6-2-16)34-15-27-22-7-4-20(30)11-19(22)14-35-27/h1-8,10-11,24-28,31-33H,9,12-15H2/t24-,25-,26-,27+,28+/m1/s1. The average Bonchev–Trinajstić information content (AvgIpc) is 3.28. The van der Waals surface area contributed by atoms with Crippen molar-refractivity contribution in [3.05, 3.63) is 99.3 Å². The van der Waals surface area contributed by atoms with Gasteiger partial charge in [0.15, 0.2) is 0 Å². The number of benzene rings is 3. The van der Waals surface area contributed by atoms with E-state index in [1.807, 2.05) is 36.4 Å². The van der Waals surface area contributed by atoms with Crippen molar-refractivity contribution in [3.8, 4) is 5.75 Å². The fourth-order valence-corrected chi connectivity index (χ4v) is 4.96. The van der Waals surface area contributed by atoms with Gasteiger partial charge in [-0.3, -0.25) is 0 Å². The highest BCUT2D eigenvalue weighted by Crippen LogP contribution is 2.35. The lowest BCUT2D eigenvalue weighted by Crippen LogP contribution is -2.47. The molecule has 5 atom stereocenters. The first-order chi connectivity index (χ1) is 17.4. The summed E-state index contributed by atoms with van der Waals surface area (Å²) in [6, 6.07) is 18.0. The Morgan fingerprint density at radius 1 is 1.03 bits per heavy atom. The maximum Gasteiger partial charge on any atom is 0.123 e. The summed E-state index contributed by atoms with van der Waals surface area (Å²) in [5.41, 5.74) is 4.57. The maximum atomic E-state index is 13.4. The number of aliphatic hydroxyl groups excluding tert-OH is 3. The third kappa shape index (κ3) is 5.42. The van der Waals surface area contributed by atoms with E-state index in [0.717, 1.165) is 27.8 Å². The van der Waals surface area contributed by atoms with Gasteiger partial charge in [-0.1, -0.05) is 41.9 Å². The smallest absolute Gasteiger partial charge is 0.123 e. The van der Waals surface area contributed by atoms with Crippen LogP contribution in [0.3, 0.4) is 0 Å². The van der Waals surface area contributed by atoms with Gasteiger partial charge in [-0.25, -0.2) is 4.39 Å². The van der Waals surface area contributed by atoms with Crippen molar-refractivity contribution in [1.82, 2.24) is 0 Å². The molecule has 36 heavy (non-hydrogen) atoms. The van der Waals surface area contributed by atoms with E-state index < -0.39 is 24.4 Å². The molecule has 2 aliphatic heterocycles. The minimum absolute atomic E-state index is 0.228. The lowest BCUT2D eigenvalue weighted by molar-refractivity contribution is -0.181. The Bertz CT molecular complexity index is 1200. The summed E-state index contributed by atoms with van der Waals surface area (Å²) in [7, 11) is 0. The van der Waals surface area contributed by atoms with Gasteiger partial charge in [0.2, 0.25) is 0 Å². The Morgan fingerprint density at radius 3 is 2.61 bits per heavy atom. The average molecular weight is 515 g/mol. The van der Waals surface area contributed by atoms with Crippen LogP contribution in [-0.4, -0.2) is 46.8 Å². The molecule has 0 radical (unpaired) electrons. The molecule has 0 aromatic heterocycles. The van der Waals surface area contributed by atoms with Crippen LogP contribution in [0, 0.1) is 5.82 Å². The van der Waals surface area contributed by atoms with Gasteiger partial charge in [-0.05, 0) is 64.6 Å². The fourth-order valence-electron chi connectivity index (χ4n) is 4.78. The van der Waals surface area contributed by atoms with E-state index in [1.54, 1.807) is 12.1 Å². The molecule has 0 saturated carbocycles. The lowest BCUT2D eigenvalue weighted by Gasteiger charge is -2.36. The third-order valence-corrected chi connectivity index (χ3v) is 7.17. The Balaban J connectivity index is 1.22. The van der Waals surface area contributed by atoms with E-state index in [-0.39, 0.29) is 24.9 Å². The zero-order valence-electron chi connectivity index (χ0n) is 19.5. The Kier molecular flexibility index (Phi) is 7.57. The monoisotopic (exact) mass is 514 g/mol. The molecule has 0 aliphatic carbocycles. The topological polar surface area (TPSA) is 88.4 Å². The van der Waals surface area contributed by atoms with Gasteiger partial charge in [0.05, 0.1) is 25.4 Å². The third-order valence-electron chi connectivity index (χ3n) is 6.80. The molecular formula is C28H28ClFO6. The summed E-state index contributed by atoms with van der Waals surface area (Å²) in [5, 5.41) is 30.2. The van der Waals surface area contributed by atoms with Crippen LogP contribution < -0.4 is 4.74 Å². The maximum absolute atomic E-state index is 13.4. The highest BCUT2D eigenvalue weighted by Gasteiger charge is 2.37. The van der Waals surface area contributed by atoms with Gasteiger partial charge in [0, 0.05) is 11.4 Å². The quantitative estimate of drug-likeness (QED) is 0.436. The minimum Gasteiger partial charge on any atom is -0.491 e. The second-order valence-corrected chi connectivity index (χ2v) is 9.67. The first-order valence-corrected chi connectivity index (χ1v) is 12.3. The summed E-state index contributed by atoms with van der Waals surface area (Å²) in [6.45, 7) is 0.343. The second kappa shape index (κ2) is 10.8. The van der Waals surface area contributed by atoms with Crippen LogP contribution in [-0.2, 0) is 22.5 Å². The number of aliphatic hydroxyl groups is 3. The van der Waals surface area contributed by atoms with Crippen molar-refractivity contribution in [2.75, 3.05) is 13.2 Å². The first-order valence-electron chi connectivity index (χ1n) is 11.9. The molecule has 6 nitrogen and oxygen atoms in total. The molecule has 0 bridgehead atoms. The largest absolute Gasteiger partial charge is 0.491 e. The van der Waals surface area contributed by atoms with Crippen LogP contribution in [0.2, 0.25) is 5.02 Å². The van der Waals surface area contributed by atoms with Gasteiger partial charge in [-0.2, -0.15) is 0 Å². The van der Waals surface area contributed by atoms with E-state index in [9.17, 15) is 19.7 Å². The van der Waals surface area contributed by atoms with Crippen molar-refractivity contribution < 1.29 is 33.9 Å². The molecule has 5 rings (SSSR count). The van der Waals surface area contributed by atoms with Crippen molar-refractivity contribution in [2.45, 2.75) is 50.0 Å². The molecule has 3 aromatic rings. The Morgan fingerprint density at radius 2 is 1.83 bits per heavy atom. The normalized spacial score (nSPS) is 25.5. The molecule has 190 valence electrons. The van der Waals surface area contributed by atoms with Gasteiger partial charge >= 0.3 is 0 Å². The predicted octanol–water partition coefficient (Wildman–Crippen LogP) is 4.26. The molecule has 0 spiro atoms. The van der Waals surface area contributed by atoms with E-state index in [0.29, 0.717) is 30.4 Å². The molecular weight excluding hydrogens is 487 g/mol. The van der Waals surface area contributed by atoms with Crippen molar-refractivity contribution in [3.63, 3.8) is 0 Å². The van der Waals surface area contributed by atoms with Crippen LogP contribution in [0.5, 0.6) is 5.75 Å². The van der Waals surface area contributed by atoms with Gasteiger partial charge in [-0.15, -0.1) is 0 Å². The van der Waals surface area contributed by atoms with Gasteiger partial charge in [0.1, 0.15) is 36.5 Å². The number of fused-ring (bicyclic) bond motifs is 1. The van der Waals surface area contributed by atoms with E-state index in [2.05, 4.69) is 0 Å². The Labute approximate surface area is 213 Å². The molecule has 1 saturated heterocycles. The van der Waals surface area contributed by atoms with Crippen LogP contribution in [0.15, 0.2) is 60.7 Å². The van der Waals surface area contributed by atoms with Gasteiger partial charge in [0.25, 0.3) is 0 Å². The number of rotatable bonds is 7. The van der Waals surface area contributed by atoms with E-state index in [1.165, 1.54) is 12.1 Å². The van der Waals surface area contributed by atoms with Crippen LogP contribution >= 0.6 is 11.6 Å². The summed E-state index contributed by atoms with van der Waals surface area (Å²) >= 11 is 6.47. The van der Waals surface area contributed by atoms with Crippen molar-refractivity contribution >= 4 is 11.6 Å². The van der Waals surface area contributed by atoms with Crippen molar-refractivity contribution in [1.29, 1.82) is 0 Å². The fraction of sp³-hybridized carbons (Fsp3) is 0.357. The molecule has 2 heterocycles. The van der Waals surface area contributed by atoms with E-state index in [4.69, 9.17) is 25.8 Å². The van der Waals surface area contributed by atoms with Crippen LogP contribution in [0.25, 0.3) is 0 Å². The van der Waals surface area contributed by atoms with Gasteiger partial charge < -0.3 is 29.5 Å². The zero-order valence-corrected chi connectivity index (χ0v) is 20.3. The number of hydrogen-bond donors (Lipinski definition) is 3. The SMILES string of the molecule is OC[C@H]1O[C@@H](c2ccc(Cl)c(Cc3ccc(OC[C@@H]4OCc5cc(F)ccc54)cc3)c2)C[C@@H](O)[C@@H]1O. The Hall–Kier alpha value is -2.52. The molecule has 0 unspecified atom stereocenters. The summed E-state index contributed by atoms with van der Waals surface area (Å²) in [4.78, 5) is 0. The summed E-state index contributed by atoms with van der Waals surface area (Å²) in [6.07, 6.45) is -2.79. The summed E-state index contributed by atoms with van der Waals surface area (Å²) < 4.78 is 30.9. The first kappa shape index (κ1) is 25.1. The lowest BCUT2D eigenvalue weighted by atomic mass is 9.92. The zero-order chi connectivity index (χ0) is 25.2. The predicted molar refractivity (Wildman–Crippen MR) is 131 cm³/mol. The summed E-state index contributed by atoms with van der Waals surface area (Å²) in [5.74, 6) is 0.438.